The van der Waals surface area contributed by atoms with E-state index in [-0.39, 0.29) is 35.0 Å². The SMILES string of the molecule is CNC(=O)c1c(-c2ccc(F)cc2)nc2ccc(C3CC3C(=O)NC3(C4C=CC=CC4)CC3)cn12. The molecule has 2 aromatic heterocycles. The predicted molar refractivity (Wildman–Crippen MR) is 131 cm³/mol. The number of pyridine rings is 1. The van der Waals surface area contributed by atoms with Gasteiger partial charge in [-0.1, -0.05) is 30.4 Å². The van der Waals surface area contributed by atoms with Crippen LogP contribution in [0.3, 0.4) is 0 Å². The highest BCUT2D eigenvalue weighted by Crippen LogP contribution is 2.51. The number of nitrogens with zero attached hydrogens (tertiary/aromatic N) is 2. The number of fused-ring (bicyclic) bond motifs is 1. The normalized spacial score (nSPS) is 23.8. The zero-order valence-electron chi connectivity index (χ0n) is 19.5. The van der Waals surface area contributed by atoms with Crippen molar-refractivity contribution in [2.75, 3.05) is 7.05 Å². The molecule has 2 heterocycles. The smallest absolute Gasteiger partial charge is 0.270 e. The first-order valence-corrected chi connectivity index (χ1v) is 12.1. The first-order valence-electron chi connectivity index (χ1n) is 12.1. The van der Waals surface area contributed by atoms with E-state index in [0.717, 1.165) is 31.2 Å². The molecule has 6 nitrogen and oxygen atoms in total. The second-order valence-corrected chi connectivity index (χ2v) is 9.83. The Balaban J connectivity index is 1.26. The van der Waals surface area contributed by atoms with Crippen LogP contribution >= 0.6 is 0 Å². The molecule has 7 heteroatoms. The molecule has 2 saturated carbocycles. The number of carbonyl (C=O) groups excluding carboxylic acids is 2. The Morgan fingerprint density at radius 1 is 1.11 bits per heavy atom. The maximum absolute atomic E-state index is 13.5. The van der Waals surface area contributed by atoms with Crippen LogP contribution in [0.4, 0.5) is 4.39 Å². The average molecular weight is 471 g/mol. The number of hydrogen-bond donors (Lipinski definition) is 2. The first kappa shape index (κ1) is 21.8. The summed E-state index contributed by atoms with van der Waals surface area (Å²) in [5, 5.41) is 6.05. The van der Waals surface area contributed by atoms with Crippen LogP contribution in [0.15, 0.2) is 66.9 Å². The molecule has 0 saturated heterocycles. The van der Waals surface area contributed by atoms with Crippen LogP contribution < -0.4 is 10.6 Å². The fraction of sp³-hybridized carbons (Fsp3) is 0.321. The van der Waals surface area contributed by atoms with Gasteiger partial charge < -0.3 is 10.6 Å². The Labute approximate surface area is 202 Å². The number of hydrogen-bond acceptors (Lipinski definition) is 3. The van der Waals surface area contributed by atoms with Crippen LogP contribution in [-0.2, 0) is 4.79 Å². The summed E-state index contributed by atoms with van der Waals surface area (Å²) in [4.78, 5) is 30.6. The highest BCUT2D eigenvalue weighted by molar-refractivity contribution is 5.99. The van der Waals surface area contributed by atoms with Crippen molar-refractivity contribution in [1.29, 1.82) is 0 Å². The third kappa shape index (κ3) is 3.85. The summed E-state index contributed by atoms with van der Waals surface area (Å²) in [5.41, 5.74) is 3.11. The van der Waals surface area contributed by atoms with E-state index in [1.807, 2.05) is 18.3 Å². The maximum Gasteiger partial charge on any atom is 0.270 e. The van der Waals surface area contributed by atoms with E-state index in [1.54, 1.807) is 23.6 Å². The van der Waals surface area contributed by atoms with E-state index in [4.69, 9.17) is 0 Å². The molecule has 2 fully saturated rings. The topological polar surface area (TPSA) is 75.5 Å². The van der Waals surface area contributed by atoms with Gasteiger partial charge in [-0.3, -0.25) is 14.0 Å². The van der Waals surface area contributed by atoms with Gasteiger partial charge in [0.2, 0.25) is 5.91 Å². The largest absolute Gasteiger partial charge is 0.354 e. The lowest BCUT2D eigenvalue weighted by Gasteiger charge is -2.26. The molecule has 0 aliphatic heterocycles. The summed E-state index contributed by atoms with van der Waals surface area (Å²) < 4.78 is 15.2. The Bertz CT molecular complexity index is 1380. The number of aromatic nitrogens is 2. The Kier molecular flexibility index (Phi) is 5.09. The average Bonchev–Trinajstić information content (AvgIpc) is 3.81. The molecule has 0 spiro atoms. The summed E-state index contributed by atoms with van der Waals surface area (Å²) in [6.07, 6.45) is 14.3. The first-order chi connectivity index (χ1) is 17.0. The highest BCUT2D eigenvalue weighted by atomic mass is 19.1. The molecule has 0 bridgehead atoms. The minimum atomic E-state index is -0.344. The molecule has 3 atom stereocenters. The van der Waals surface area contributed by atoms with Crippen molar-refractivity contribution in [1.82, 2.24) is 20.0 Å². The molecule has 178 valence electrons. The lowest BCUT2D eigenvalue weighted by molar-refractivity contribution is -0.123. The van der Waals surface area contributed by atoms with E-state index >= 15 is 0 Å². The number of allylic oxidation sites excluding steroid dienone is 3. The number of imidazole rings is 1. The van der Waals surface area contributed by atoms with Crippen molar-refractivity contribution in [3.05, 3.63) is 84.0 Å². The van der Waals surface area contributed by atoms with E-state index in [0.29, 0.717) is 28.5 Å². The molecule has 2 N–H and O–H groups in total. The quantitative estimate of drug-likeness (QED) is 0.561. The zero-order valence-corrected chi connectivity index (χ0v) is 19.5. The van der Waals surface area contributed by atoms with Gasteiger partial charge in [-0.15, -0.1) is 0 Å². The fourth-order valence-electron chi connectivity index (χ4n) is 5.33. The summed E-state index contributed by atoms with van der Waals surface area (Å²) >= 11 is 0. The van der Waals surface area contributed by atoms with Crippen LogP contribution in [0.25, 0.3) is 16.9 Å². The summed E-state index contributed by atoms with van der Waals surface area (Å²) in [6, 6.07) is 9.83. The Morgan fingerprint density at radius 2 is 1.91 bits per heavy atom. The van der Waals surface area contributed by atoms with Crippen molar-refractivity contribution < 1.29 is 14.0 Å². The van der Waals surface area contributed by atoms with E-state index in [1.165, 1.54) is 12.1 Å². The van der Waals surface area contributed by atoms with Gasteiger partial charge in [-0.2, -0.15) is 0 Å². The van der Waals surface area contributed by atoms with Crippen LogP contribution in [0.2, 0.25) is 0 Å². The standard InChI is InChI=1S/C28H27FN4O2/c1-30-27(35)25-24(17-7-10-20(29)11-8-17)31-23-12-9-18(16-33(23)25)21-15-22(21)26(34)32-28(13-14-28)19-5-3-2-4-6-19/h2-5,7-12,16,19,21-22H,6,13-15H2,1H3,(H,30,35)(H,32,34). The number of amides is 2. The van der Waals surface area contributed by atoms with Crippen LogP contribution in [-0.4, -0.2) is 33.8 Å². The zero-order chi connectivity index (χ0) is 24.2. The minimum Gasteiger partial charge on any atom is -0.354 e. The molecule has 3 aliphatic rings. The number of rotatable bonds is 6. The maximum atomic E-state index is 13.5. The van der Waals surface area contributed by atoms with Gasteiger partial charge in [0.05, 0.1) is 0 Å². The summed E-state index contributed by atoms with van der Waals surface area (Å²) in [5.74, 6) is -0.0638. The lowest BCUT2D eigenvalue weighted by atomic mass is 9.90. The van der Waals surface area contributed by atoms with Gasteiger partial charge in [0, 0.05) is 36.2 Å². The van der Waals surface area contributed by atoms with Crippen molar-refractivity contribution in [3.63, 3.8) is 0 Å². The molecule has 6 rings (SSSR count). The van der Waals surface area contributed by atoms with Gasteiger partial charge in [0.25, 0.3) is 5.91 Å². The number of carbonyl (C=O) groups is 2. The molecule has 3 aromatic rings. The molecule has 1 aromatic carbocycles. The number of benzene rings is 1. The van der Waals surface area contributed by atoms with Crippen molar-refractivity contribution >= 4 is 17.5 Å². The van der Waals surface area contributed by atoms with E-state index < -0.39 is 0 Å². The van der Waals surface area contributed by atoms with Gasteiger partial charge >= 0.3 is 0 Å². The van der Waals surface area contributed by atoms with Crippen molar-refractivity contribution in [3.8, 4) is 11.3 Å². The third-order valence-electron chi connectivity index (χ3n) is 7.61. The highest BCUT2D eigenvalue weighted by Gasteiger charge is 2.53. The van der Waals surface area contributed by atoms with Crippen LogP contribution in [0.1, 0.15) is 47.7 Å². The lowest BCUT2D eigenvalue weighted by Crippen LogP contribution is -2.43. The van der Waals surface area contributed by atoms with Gasteiger partial charge in [-0.05, 0) is 67.5 Å². The Morgan fingerprint density at radius 3 is 2.60 bits per heavy atom. The number of nitrogens with one attached hydrogen (secondary N) is 2. The predicted octanol–water partition coefficient (Wildman–Crippen LogP) is 4.38. The third-order valence-corrected chi connectivity index (χ3v) is 7.61. The molecule has 0 radical (unpaired) electrons. The second-order valence-electron chi connectivity index (χ2n) is 9.83. The minimum absolute atomic E-state index is 0.0587. The van der Waals surface area contributed by atoms with Crippen molar-refractivity contribution in [2.24, 2.45) is 11.8 Å². The number of halogens is 1. The summed E-state index contributed by atoms with van der Waals surface area (Å²) in [7, 11) is 1.58. The molecule has 3 unspecified atom stereocenters. The molecule has 2 amide bonds. The Hall–Kier alpha value is -3.74. The van der Waals surface area contributed by atoms with Crippen LogP contribution in [0, 0.1) is 17.7 Å². The van der Waals surface area contributed by atoms with Gasteiger partial charge in [0.15, 0.2) is 0 Å². The molecular formula is C28H27FN4O2. The van der Waals surface area contributed by atoms with Crippen molar-refractivity contribution in [2.45, 2.75) is 37.1 Å². The van der Waals surface area contributed by atoms with Crippen LogP contribution in [0.5, 0.6) is 0 Å². The fourth-order valence-corrected chi connectivity index (χ4v) is 5.33. The molecular weight excluding hydrogens is 443 g/mol. The van der Waals surface area contributed by atoms with Gasteiger partial charge in [0.1, 0.15) is 22.9 Å². The van der Waals surface area contributed by atoms with E-state index in [9.17, 15) is 14.0 Å². The van der Waals surface area contributed by atoms with E-state index in [2.05, 4.69) is 39.9 Å². The second kappa shape index (κ2) is 8.18. The summed E-state index contributed by atoms with van der Waals surface area (Å²) in [6.45, 7) is 0. The monoisotopic (exact) mass is 470 g/mol. The van der Waals surface area contributed by atoms with Gasteiger partial charge in [-0.25, -0.2) is 9.37 Å². The molecule has 3 aliphatic carbocycles. The molecule has 35 heavy (non-hydrogen) atoms.